The highest BCUT2D eigenvalue weighted by Gasteiger charge is 2.37. The number of rotatable bonds is 4. The number of hydrogen-bond donors (Lipinski definition) is 1. The molecule has 0 bridgehead atoms. The van der Waals surface area contributed by atoms with Crippen LogP contribution >= 0.6 is 7.60 Å². The first-order chi connectivity index (χ1) is 6.99. The second kappa shape index (κ2) is 5.19. The highest BCUT2D eigenvalue weighted by atomic mass is 31.2. The number of carbonyl (C=O) groups is 1. The van der Waals surface area contributed by atoms with E-state index < -0.39 is 19.4 Å². The molecule has 1 N–H and O–H groups in total. The molecule has 0 fully saturated rings. The van der Waals surface area contributed by atoms with Crippen molar-refractivity contribution in [3.63, 3.8) is 0 Å². The van der Waals surface area contributed by atoms with Crippen LogP contribution in [0.1, 0.15) is 34.6 Å². The van der Waals surface area contributed by atoms with Crippen LogP contribution < -0.4 is 0 Å². The largest absolute Gasteiger partial charge is 0.515 e. The van der Waals surface area contributed by atoms with Gasteiger partial charge >= 0.3 is 13.8 Å². The average Bonchev–Trinajstić information content (AvgIpc) is 1.98. The van der Waals surface area contributed by atoms with E-state index in [1.165, 1.54) is 0 Å². The van der Waals surface area contributed by atoms with Crippen molar-refractivity contribution >= 4 is 13.8 Å². The molecule has 16 heavy (non-hydrogen) atoms. The van der Waals surface area contributed by atoms with E-state index in [2.05, 4.69) is 4.52 Å². The predicted molar refractivity (Wildman–Crippen MR) is 61.4 cm³/mol. The number of hydrogen-bond acceptors (Lipinski definition) is 4. The van der Waals surface area contributed by atoms with Gasteiger partial charge in [0.2, 0.25) is 0 Å². The quantitative estimate of drug-likeness (QED) is 0.615. The Bertz CT molecular complexity index is 284. The first-order valence-corrected chi connectivity index (χ1v) is 7.24. The molecule has 0 aliphatic carbocycles. The molecule has 6 heteroatoms. The highest BCUT2D eigenvalue weighted by molar-refractivity contribution is 7.52. The van der Waals surface area contributed by atoms with Crippen LogP contribution in [-0.4, -0.2) is 23.3 Å². The van der Waals surface area contributed by atoms with Crippen molar-refractivity contribution in [3.8, 4) is 0 Å². The van der Waals surface area contributed by atoms with Crippen LogP contribution in [0.3, 0.4) is 0 Å². The monoisotopic (exact) mass is 252 g/mol. The Morgan fingerprint density at radius 2 is 1.62 bits per heavy atom. The van der Waals surface area contributed by atoms with Crippen molar-refractivity contribution in [1.82, 2.24) is 0 Å². The fraction of sp³-hybridized carbons (Fsp3) is 0.900. The van der Waals surface area contributed by atoms with Gasteiger partial charge in [-0.25, -0.2) is 9.36 Å². The van der Waals surface area contributed by atoms with E-state index >= 15 is 0 Å². The van der Waals surface area contributed by atoms with E-state index in [0.29, 0.717) is 0 Å². The molecule has 0 spiro atoms. The van der Waals surface area contributed by atoms with Gasteiger partial charge in [-0.2, -0.15) is 0 Å². The summed E-state index contributed by atoms with van der Waals surface area (Å²) in [5, 5.41) is 0. The SMILES string of the molecule is CC(C)C(C)(OC(=O)OP(C)(=O)O)C(C)C. The maximum atomic E-state index is 11.3. The molecule has 5 nitrogen and oxygen atoms in total. The Morgan fingerprint density at radius 3 is 1.88 bits per heavy atom. The zero-order chi connectivity index (χ0) is 13.1. The minimum atomic E-state index is -3.84. The molecule has 0 amide bonds. The first-order valence-electron chi connectivity index (χ1n) is 5.22. The lowest BCUT2D eigenvalue weighted by molar-refractivity contribution is -0.0626. The molecule has 0 aromatic heterocycles. The standard InChI is InChI=1S/C10H21O5P/c1-7(2)10(5,8(3)4)14-9(11)15-16(6,12)13/h7-8H,1-6H3,(H,12,13). The molecule has 0 aromatic carbocycles. The number of ether oxygens (including phenoxy) is 1. The Hall–Kier alpha value is -0.540. The molecule has 0 aromatic rings. The topological polar surface area (TPSA) is 72.8 Å². The predicted octanol–water partition coefficient (Wildman–Crippen LogP) is 3.03. The fourth-order valence-electron chi connectivity index (χ4n) is 1.24. The van der Waals surface area contributed by atoms with Crippen molar-refractivity contribution in [2.24, 2.45) is 11.8 Å². The Labute approximate surface area is 96.7 Å². The Balaban J connectivity index is 4.67. The lowest BCUT2D eigenvalue weighted by atomic mass is 9.82. The third kappa shape index (κ3) is 4.54. The fourth-order valence-corrected chi connectivity index (χ4v) is 1.55. The van der Waals surface area contributed by atoms with Crippen molar-refractivity contribution < 1.29 is 23.5 Å². The van der Waals surface area contributed by atoms with Crippen molar-refractivity contribution in [2.45, 2.75) is 40.2 Å². The molecule has 1 unspecified atom stereocenters. The van der Waals surface area contributed by atoms with Gasteiger partial charge in [0, 0.05) is 6.66 Å². The molecule has 0 aliphatic heterocycles. The van der Waals surface area contributed by atoms with Crippen molar-refractivity contribution in [2.75, 3.05) is 6.66 Å². The third-order valence-electron chi connectivity index (χ3n) is 2.84. The van der Waals surface area contributed by atoms with Crippen LogP contribution in [0.15, 0.2) is 0 Å². The maximum Gasteiger partial charge on any atom is 0.515 e. The summed E-state index contributed by atoms with van der Waals surface area (Å²) in [4.78, 5) is 20.2. The van der Waals surface area contributed by atoms with Crippen molar-refractivity contribution in [1.29, 1.82) is 0 Å². The molecule has 0 saturated heterocycles. The van der Waals surface area contributed by atoms with E-state index in [-0.39, 0.29) is 11.8 Å². The molecule has 1 atom stereocenters. The summed E-state index contributed by atoms with van der Waals surface area (Å²) in [6, 6.07) is 0. The zero-order valence-electron chi connectivity index (χ0n) is 10.7. The zero-order valence-corrected chi connectivity index (χ0v) is 11.6. The molecule has 96 valence electrons. The van der Waals surface area contributed by atoms with Gasteiger partial charge in [-0.1, -0.05) is 27.7 Å². The summed E-state index contributed by atoms with van der Waals surface area (Å²) >= 11 is 0. The molecule has 0 heterocycles. The van der Waals surface area contributed by atoms with Crippen LogP contribution in [0.25, 0.3) is 0 Å². The Morgan fingerprint density at radius 1 is 1.25 bits per heavy atom. The molecule has 0 rings (SSSR count). The van der Waals surface area contributed by atoms with Gasteiger partial charge in [0.15, 0.2) is 0 Å². The lowest BCUT2D eigenvalue weighted by Gasteiger charge is -2.36. The smallest absolute Gasteiger partial charge is 0.427 e. The minimum absolute atomic E-state index is 0.0787. The minimum Gasteiger partial charge on any atom is -0.427 e. The van der Waals surface area contributed by atoms with Gasteiger partial charge in [0.05, 0.1) is 0 Å². The van der Waals surface area contributed by atoms with E-state index in [1.807, 2.05) is 27.7 Å². The van der Waals surface area contributed by atoms with Crippen LogP contribution in [0.5, 0.6) is 0 Å². The first kappa shape index (κ1) is 15.5. The van der Waals surface area contributed by atoms with Crippen LogP contribution in [0, 0.1) is 11.8 Å². The van der Waals surface area contributed by atoms with Gasteiger partial charge < -0.3 is 14.2 Å². The number of carbonyl (C=O) groups excluding carboxylic acids is 1. The summed E-state index contributed by atoms with van der Waals surface area (Å²) < 4.78 is 20.3. The second-order valence-corrected chi connectivity index (χ2v) is 6.53. The normalized spacial score (nSPS) is 16.1. The van der Waals surface area contributed by atoms with Gasteiger partial charge in [-0.3, -0.25) is 0 Å². The molecule has 0 aliphatic rings. The summed E-state index contributed by atoms with van der Waals surface area (Å²) in [6.07, 6.45) is -1.10. The Kier molecular flexibility index (Phi) is 5.02. The molecule has 0 saturated carbocycles. The molecular formula is C10H21O5P. The van der Waals surface area contributed by atoms with Crippen LogP contribution in [0.2, 0.25) is 0 Å². The third-order valence-corrected chi connectivity index (χ3v) is 3.33. The molecule has 0 radical (unpaired) electrons. The van der Waals surface area contributed by atoms with Crippen LogP contribution in [0.4, 0.5) is 4.79 Å². The summed E-state index contributed by atoms with van der Waals surface area (Å²) in [5.74, 6) is 0.157. The average molecular weight is 252 g/mol. The highest BCUT2D eigenvalue weighted by Crippen LogP contribution is 2.39. The van der Waals surface area contributed by atoms with Crippen molar-refractivity contribution in [3.05, 3.63) is 0 Å². The van der Waals surface area contributed by atoms with Gasteiger partial charge in [-0.15, -0.1) is 0 Å². The van der Waals surface area contributed by atoms with E-state index in [0.717, 1.165) is 6.66 Å². The van der Waals surface area contributed by atoms with E-state index in [1.54, 1.807) is 6.92 Å². The second-order valence-electron chi connectivity index (χ2n) is 4.74. The van der Waals surface area contributed by atoms with E-state index in [4.69, 9.17) is 9.63 Å². The summed E-state index contributed by atoms with van der Waals surface area (Å²) in [5.41, 5.74) is -0.716. The molecular weight excluding hydrogens is 231 g/mol. The summed E-state index contributed by atoms with van der Waals surface area (Å²) in [6.45, 7) is 10.4. The van der Waals surface area contributed by atoms with Gasteiger partial charge in [-0.05, 0) is 18.8 Å². The van der Waals surface area contributed by atoms with Gasteiger partial charge in [0.25, 0.3) is 0 Å². The lowest BCUT2D eigenvalue weighted by Crippen LogP contribution is -2.42. The summed E-state index contributed by atoms with van der Waals surface area (Å²) in [7, 11) is -3.84. The maximum absolute atomic E-state index is 11.3. The van der Waals surface area contributed by atoms with E-state index in [9.17, 15) is 9.36 Å². The van der Waals surface area contributed by atoms with Crippen LogP contribution in [-0.2, 0) is 13.8 Å². The van der Waals surface area contributed by atoms with Gasteiger partial charge in [0.1, 0.15) is 5.60 Å².